The quantitative estimate of drug-likeness (QED) is 0.907. The number of benzene rings is 1. The lowest BCUT2D eigenvalue weighted by Crippen LogP contribution is -2.41. The molecule has 0 bridgehead atoms. The molecule has 1 saturated carbocycles. The zero-order chi connectivity index (χ0) is 14.7. The highest BCUT2D eigenvalue weighted by Crippen LogP contribution is 2.27. The Morgan fingerprint density at radius 2 is 1.81 bits per heavy atom. The van der Waals surface area contributed by atoms with Crippen LogP contribution in [0, 0.1) is 5.92 Å². The molecule has 1 heterocycles. The highest BCUT2D eigenvalue weighted by molar-refractivity contribution is 5.80. The van der Waals surface area contributed by atoms with Gasteiger partial charge in [0.1, 0.15) is 0 Å². The molecule has 1 aromatic rings. The normalized spacial score (nSPS) is 26.3. The highest BCUT2D eigenvalue weighted by Gasteiger charge is 2.28. The summed E-state index contributed by atoms with van der Waals surface area (Å²) in [6.07, 6.45) is 7.09. The molecule has 2 aliphatic rings. The molecule has 1 fully saturated rings. The van der Waals surface area contributed by atoms with E-state index in [0.29, 0.717) is 11.9 Å². The van der Waals surface area contributed by atoms with Crippen LogP contribution in [-0.4, -0.2) is 29.9 Å². The third kappa shape index (κ3) is 3.35. The molecule has 3 heteroatoms. The minimum Gasteiger partial charge on any atom is -0.338 e. The summed E-state index contributed by atoms with van der Waals surface area (Å²) in [5.74, 6) is 0.543. The Hall–Kier alpha value is -1.61. The number of carbonyl (C=O) groups excluding carboxylic acids is 1. The molecule has 112 valence electrons. The van der Waals surface area contributed by atoms with E-state index in [0.717, 1.165) is 45.2 Å². The van der Waals surface area contributed by atoms with Gasteiger partial charge in [-0.15, -0.1) is 0 Å². The predicted molar refractivity (Wildman–Crippen MR) is 85.5 cm³/mol. The molecular formula is C18H24N2O. The molecule has 2 N–H and O–H groups in total. The Bertz CT molecular complexity index is 515. The van der Waals surface area contributed by atoms with Crippen LogP contribution in [0.15, 0.2) is 36.4 Å². The Morgan fingerprint density at radius 3 is 2.43 bits per heavy atom. The molecular weight excluding hydrogens is 260 g/mol. The summed E-state index contributed by atoms with van der Waals surface area (Å²) in [7, 11) is 0. The van der Waals surface area contributed by atoms with Crippen molar-refractivity contribution < 1.29 is 4.79 Å². The molecule has 0 aromatic heterocycles. The zero-order valence-electron chi connectivity index (χ0n) is 12.5. The van der Waals surface area contributed by atoms with Gasteiger partial charge in [0.05, 0.1) is 0 Å². The molecule has 0 saturated heterocycles. The van der Waals surface area contributed by atoms with E-state index in [-0.39, 0.29) is 5.92 Å². The van der Waals surface area contributed by atoms with Crippen molar-refractivity contribution in [3.63, 3.8) is 0 Å². The fraction of sp³-hybridized carbons (Fsp3) is 0.500. The van der Waals surface area contributed by atoms with Crippen molar-refractivity contribution in [3.05, 3.63) is 42.0 Å². The fourth-order valence-corrected chi connectivity index (χ4v) is 3.41. The van der Waals surface area contributed by atoms with Gasteiger partial charge in [-0.2, -0.15) is 0 Å². The molecule has 1 aliphatic heterocycles. The number of amides is 1. The van der Waals surface area contributed by atoms with E-state index in [1.54, 1.807) is 0 Å². The van der Waals surface area contributed by atoms with Crippen LogP contribution in [-0.2, 0) is 4.79 Å². The predicted octanol–water partition coefficient (Wildman–Crippen LogP) is 2.82. The van der Waals surface area contributed by atoms with Crippen LogP contribution in [0.3, 0.4) is 0 Å². The smallest absolute Gasteiger partial charge is 0.225 e. The summed E-state index contributed by atoms with van der Waals surface area (Å²) in [6, 6.07) is 10.8. The van der Waals surface area contributed by atoms with Gasteiger partial charge in [-0.3, -0.25) is 4.79 Å². The zero-order valence-corrected chi connectivity index (χ0v) is 12.5. The van der Waals surface area contributed by atoms with Crippen LogP contribution in [0.25, 0.3) is 5.57 Å². The molecule has 1 aromatic carbocycles. The van der Waals surface area contributed by atoms with E-state index in [1.165, 1.54) is 11.1 Å². The summed E-state index contributed by atoms with van der Waals surface area (Å²) in [5.41, 5.74) is 8.58. The van der Waals surface area contributed by atoms with Gasteiger partial charge in [-0.25, -0.2) is 0 Å². The lowest BCUT2D eigenvalue weighted by Gasteiger charge is -2.33. The van der Waals surface area contributed by atoms with Crippen LogP contribution in [0.2, 0.25) is 0 Å². The topological polar surface area (TPSA) is 46.3 Å². The highest BCUT2D eigenvalue weighted by atomic mass is 16.2. The van der Waals surface area contributed by atoms with E-state index in [4.69, 9.17) is 5.73 Å². The number of nitrogens with two attached hydrogens (primary N) is 1. The Balaban J connectivity index is 1.60. The summed E-state index contributed by atoms with van der Waals surface area (Å²) in [5, 5.41) is 0. The number of rotatable bonds is 2. The van der Waals surface area contributed by atoms with Crippen LogP contribution in [0.5, 0.6) is 0 Å². The lowest BCUT2D eigenvalue weighted by atomic mass is 9.85. The maximum Gasteiger partial charge on any atom is 0.225 e. The second-order valence-corrected chi connectivity index (χ2v) is 6.24. The molecule has 3 nitrogen and oxygen atoms in total. The van der Waals surface area contributed by atoms with Crippen molar-refractivity contribution in [3.8, 4) is 0 Å². The van der Waals surface area contributed by atoms with Crippen LogP contribution in [0.1, 0.15) is 37.7 Å². The van der Waals surface area contributed by atoms with Gasteiger partial charge in [0.2, 0.25) is 5.91 Å². The molecule has 0 unspecified atom stereocenters. The van der Waals surface area contributed by atoms with E-state index in [2.05, 4.69) is 30.3 Å². The van der Waals surface area contributed by atoms with Crippen molar-refractivity contribution in [2.24, 2.45) is 11.7 Å². The van der Waals surface area contributed by atoms with E-state index < -0.39 is 0 Å². The number of hydrogen-bond donors (Lipinski definition) is 1. The number of hydrogen-bond acceptors (Lipinski definition) is 2. The van der Waals surface area contributed by atoms with Crippen molar-refractivity contribution in [2.45, 2.75) is 38.1 Å². The van der Waals surface area contributed by atoms with Gasteiger partial charge in [0.25, 0.3) is 0 Å². The monoisotopic (exact) mass is 284 g/mol. The summed E-state index contributed by atoms with van der Waals surface area (Å²) in [4.78, 5) is 14.6. The second kappa shape index (κ2) is 6.44. The average molecular weight is 284 g/mol. The first kappa shape index (κ1) is 14.3. The van der Waals surface area contributed by atoms with Crippen molar-refractivity contribution in [2.75, 3.05) is 13.1 Å². The largest absolute Gasteiger partial charge is 0.338 e. The summed E-state index contributed by atoms with van der Waals surface area (Å²) in [6.45, 7) is 1.60. The van der Waals surface area contributed by atoms with Crippen LogP contribution >= 0.6 is 0 Å². The van der Waals surface area contributed by atoms with Crippen LogP contribution < -0.4 is 5.73 Å². The van der Waals surface area contributed by atoms with Gasteiger partial charge in [0, 0.05) is 25.0 Å². The first-order valence-electron chi connectivity index (χ1n) is 8.03. The maximum atomic E-state index is 12.6. The first-order valence-corrected chi connectivity index (χ1v) is 8.03. The van der Waals surface area contributed by atoms with E-state index >= 15 is 0 Å². The molecule has 0 spiro atoms. The second-order valence-electron chi connectivity index (χ2n) is 6.24. The average Bonchev–Trinajstić information content (AvgIpc) is 2.56. The third-order valence-corrected chi connectivity index (χ3v) is 4.79. The van der Waals surface area contributed by atoms with Gasteiger partial charge in [-0.1, -0.05) is 36.4 Å². The van der Waals surface area contributed by atoms with Gasteiger partial charge in [0.15, 0.2) is 0 Å². The Labute approximate surface area is 126 Å². The Morgan fingerprint density at radius 1 is 1.10 bits per heavy atom. The van der Waals surface area contributed by atoms with Crippen molar-refractivity contribution in [1.29, 1.82) is 0 Å². The van der Waals surface area contributed by atoms with Crippen molar-refractivity contribution in [1.82, 2.24) is 4.90 Å². The summed E-state index contributed by atoms with van der Waals surface area (Å²) >= 11 is 0. The number of carbonyl (C=O) groups is 1. The number of nitrogens with zero attached hydrogens (tertiary/aromatic N) is 1. The SMILES string of the molecule is NC1CCC(C(=O)N2CC=C(c3ccccc3)CC2)CC1. The molecule has 0 atom stereocenters. The van der Waals surface area contributed by atoms with E-state index in [1.807, 2.05) is 11.0 Å². The van der Waals surface area contributed by atoms with E-state index in [9.17, 15) is 4.79 Å². The first-order chi connectivity index (χ1) is 10.2. The standard InChI is InChI=1S/C18H24N2O/c19-17-8-6-16(7-9-17)18(21)20-12-10-15(11-13-20)14-4-2-1-3-5-14/h1-5,10,16-17H,6-9,11-13,19H2. The maximum absolute atomic E-state index is 12.6. The fourth-order valence-electron chi connectivity index (χ4n) is 3.41. The molecule has 1 amide bonds. The lowest BCUT2D eigenvalue weighted by molar-refractivity contribution is -0.136. The molecule has 3 rings (SSSR count). The van der Waals surface area contributed by atoms with Gasteiger partial charge < -0.3 is 10.6 Å². The Kier molecular flexibility index (Phi) is 4.39. The van der Waals surface area contributed by atoms with Gasteiger partial charge in [-0.05, 0) is 43.2 Å². The third-order valence-electron chi connectivity index (χ3n) is 4.79. The van der Waals surface area contributed by atoms with Crippen LogP contribution in [0.4, 0.5) is 0 Å². The van der Waals surface area contributed by atoms with Crippen molar-refractivity contribution >= 4 is 11.5 Å². The molecule has 0 radical (unpaired) electrons. The minimum atomic E-state index is 0.205. The molecule has 21 heavy (non-hydrogen) atoms. The molecule has 1 aliphatic carbocycles. The minimum absolute atomic E-state index is 0.205. The van der Waals surface area contributed by atoms with Gasteiger partial charge >= 0.3 is 0 Å². The summed E-state index contributed by atoms with van der Waals surface area (Å²) < 4.78 is 0.